The number of para-hydroxylation sites is 1. The SMILES string of the molecule is COc1ccccc1C(=O)Nc1cc(N2CC(C)CC(C)C2)c(C)cc1N. The molecule has 0 saturated carbocycles. The molecule has 27 heavy (non-hydrogen) atoms. The third-order valence-corrected chi connectivity index (χ3v) is 5.18. The lowest BCUT2D eigenvalue weighted by Crippen LogP contribution is -2.39. The lowest BCUT2D eigenvalue weighted by molar-refractivity contribution is 0.102. The highest BCUT2D eigenvalue weighted by molar-refractivity contribution is 6.07. The van der Waals surface area contributed by atoms with Gasteiger partial charge in [0, 0.05) is 18.8 Å². The van der Waals surface area contributed by atoms with E-state index in [2.05, 4.69) is 31.0 Å². The predicted octanol–water partition coefficient (Wildman–Crippen LogP) is 4.32. The van der Waals surface area contributed by atoms with Gasteiger partial charge < -0.3 is 20.7 Å². The number of nitrogens with zero attached hydrogens (tertiary/aromatic N) is 1. The highest BCUT2D eigenvalue weighted by Crippen LogP contribution is 2.34. The van der Waals surface area contributed by atoms with E-state index in [9.17, 15) is 4.79 Å². The molecule has 1 saturated heterocycles. The Morgan fingerprint density at radius 3 is 2.52 bits per heavy atom. The van der Waals surface area contributed by atoms with Crippen LogP contribution in [0.25, 0.3) is 0 Å². The van der Waals surface area contributed by atoms with Gasteiger partial charge in [0.25, 0.3) is 5.91 Å². The number of methoxy groups -OCH3 is 1. The lowest BCUT2D eigenvalue weighted by atomic mass is 9.91. The van der Waals surface area contributed by atoms with Crippen molar-refractivity contribution >= 4 is 23.0 Å². The van der Waals surface area contributed by atoms with Crippen LogP contribution in [0.1, 0.15) is 36.2 Å². The Labute approximate surface area is 161 Å². The fourth-order valence-electron chi connectivity index (χ4n) is 4.05. The number of amides is 1. The number of benzene rings is 2. The molecule has 0 bridgehead atoms. The third-order valence-electron chi connectivity index (χ3n) is 5.18. The van der Waals surface area contributed by atoms with E-state index in [1.807, 2.05) is 24.3 Å². The summed E-state index contributed by atoms with van der Waals surface area (Å²) in [6, 6.07) is 11.1. The Balaban J connectivity index is 1.89. The highest BCUT2D eigenvalue weighted by atomic mass is 16.5. The number of nitrogens with one attached hydrogen (secondary N) is 1. The van der Waals surface area contributed by atoms with Gasteiger partial charge in [-0.05, 0) is 55.0 Å². The average Bonchev–Trinajstić information content (AvgIpc) is 2.63. The minimum absolute atomic E-state index is 0.227. The van der Waals surface area contributed by atoms with Crippen LogP contribution in [-0.2, 0) is 0 Å². The van der Waals surface area contributed by atoms with Crippen molar-refractivity contribution in [1.82, 2.24) is 0 Å². The number of nitrogen functional groups attached to an aromatic ring is 1. The molecular weight excluding hydrogens is 338 g/mol. The molecule has 0 spiro atoms. The van der Waals surface area contributed by atoms with Gasteiger partial charge in [-0.3, -0.25) is 4.79 Å². The Kier molecular flexibility index (Phi) is 5.59. The van der Waals surface area contributed by atoms with E-state index < -0.39 is 0 Å². The van der Waals surface area contributed by atoms with E-state index in [0.29, 0.717) is 34.5 Å². The van der Waals surface area contributed by atoms with Gasteiger partial charge in [0.1, 0.15) is 5.75 Å². The summed E-state index contributed by atoms with van der Waals surface area (Å²) in [7, 11) is 1.56. The van der Waals surface area contributed by atoms with Crippen LogP contribution in [0.15, 0.2) is 36.4 Å². The van der Waals surface area contributed by atoms with Crippen molar-refractivity contribution in [2.75, 3.05) is 36.1 Å². The summed E-state index contributed by atoms with van der Waals surface area (Å²) in [6.45, 7) is 8.70. The minimum atomic E-state index is -0.227. The quantitative estimate of drug-likeness (QED) is 0.790. The first-order chi connectivity index (χ1) is 12.9. The van der Waals surface area contributed by atoms with Crippen LogP contribution in [0.3, 0.4) is 0 Å². The summed E-state index contributed by atoms with van der Waals surface area (Å²) in [5, 5.41) is 2.96. The van der Waals surface area contributed by atoms with Crippen molar-refractivity contribution in [2.45, 2.75) is 27.2 Å². The van der Waals surface area contributed by atoms with E-state index in [1.54, 1.807) is 19.2 Å². The van der Waals surface area contributed by atoms with Gasteiger partial charge in [-0.1, -0.05) is 26.0 Å². The maximum atomic E-state index is 12.8. The molecule has 2 unspecified atom stereocenters. The number of rotatable bonds is 4. The van der Waals surface area contributed by atoms with Gasteiger partial charge in [0.2, 0.25) is 0 Å². The van der Waals surface area contributed by atoms with Crippen LogP contribution in [-0.4, -0.2) is 26.1 Å². The number of carbonyl (C=O) groups is 1. The summed E-state index contributed by atoms with van der Waals surface area (Å²) < 4.78 is 5.30. The Bertz CT molecular complexity index is 824. The second-order valence-corrected chi connectivity index (χ2v) is 7.73. The molecule has 1 heterocycles. The molecule has 5 heteroatoms. The van der Waals surface area contributed by atoms with Crippen LogP contribution in [0.4, 0.5) is 17.1 Å². The van der Waals surface area contributed by atoms with Crippen LogP contribution >= 0.6 is 0 Å². The van der Waals surface area contributed by atoms with Crippen LogP contribution in [0.2, 0.25) is 0 Å². The summed E-state index contributed by atoms with van der Waals surface area (Å²) >= 11 is 0. The van der Waals surface area contributed by atoms with E-state index in [-0.39, 0.29) is 5.91 Å². The van der Waals surface area contributed by atoms with Crippen molar-refractivity contribution in [3.05, 3.63) is 47.5 Å². The Hall–Kier alpha value is -2.69. The topological polar surface area (TPSA) is 67.6 Å². The second-order valence-electron chi connectivity index (χ2n) is 7.73. The molecule has 3 rings (SSSR count). The molecule has 1 fully saturated rings. The van der Waals surface area contributed by atoms with Gasteiger partial charge in [0.05, 0.1) is 24.0 Å². The number of hydrogen-bond acceptors (Lipinski definition) is 4. The monoisotopic (exact) mass is 367 g/mol. The molecule has 1 amide bonds. The fourth-order valence-corrected chi connectivity index (χ4v) is 4.05. The van der Waals surface area contributed by atoms with Crippen LogP contribution in [0.5, 0.6) is 5.75 Å². The first-order valence-electron chi connectivity index (χ1n) is 9.48. The predicted molar refractivity (Wildman–Crippen MR) is 112 cm³/mol. The zero-order chi connectivity index (χ0) is 19.6. The van der Waals surface area contributed by atoms with Crippen LogP contribution in [0, 0.1) is 18.8 Å². The molecule has 0 radical (unpaired) electrons. The standard InChI is InChI=1S/C22H29N3O2/c1-14-9-15(2)13-25(12-14)20-11-19(18(23)10-16(20)3)24-22(26)17-7-5-6-8-21(17)27-4/h5-8,10-11,14-15H,9,12-13,23H2,1-4H3,(H,24,26). The molecule has 0 aromatic heterocycles. The molecule has 0 aliphatic carbocycles. The van der Waals surface area contributed by atoms with E-state index in [4.69, 9.17) is 10.5 Å². The zero-order valence-corrected chi connectivity index (χ0v) is 16.6. The molecule has 3 N–H and O–H groups in total. The number of piperidine rings is 1. The van der Waals surface area contributed by atoms with Crippen molar-refractivity contribution in [3.63, 3.8) is 0 Å². The minimum Gasteiger partial charge on any atom is -0.496 e. The third kappa shape index (κ3) is 4.18. The number of nitrogens with two attached hydrogens (primary N) is 1. The van der Waals surface area contributed by atoms with Gasteiger partial charge >= 0.3 is 0 Å². The number of anilines is 3. The smallest absolute Gasteiger partial charge is 0.259 e. The van der Waals surface area contributed by atoms with Crippen molar-refractivity contribution in [3.8, 4) is 5.75 Å². The van der Waals surface area contributed by atoms with Gasteiger partial charge in [-0.25, -0.2) is 0 Å². The zero-order valence-electron chi connectivity index (χ0n) is 16.6. The summed E-state index contributed by atoms with van der Waals surface area (Å²) in [5.41, 5.74) is 10.2. The normalized spacial score (nSPS) is 19.6. The fraction of sp³-hybridized carbons (Fsp3) is 0.409. The molecule has 144 valence electrons. The summed E-state index contributed by atoms with van der Waals surface area (Å²) in [6.07, 6.45) is 1.25. The first-order valence-corrected chi connectivity index (χ1v) is 9.48. The number of aryl methyl sites for hydroxylation is 1. The molecule has 5 nitrogen and oxygen atoms in total. The second kappa shape index (κ2) is 7.91. The van der Waals surface area contributed by atoms with Gasteiger partial charge in [-0.2, -0.15) is 0 Å². The van der Waals surface area contributed by atoms with Gasteiger partial charge in [0.15, 0.2) is 0 Å². The van der Waals surface area contributed by atoms with E-state index in [1.165, 1.54) is 6.42 Å². The average molecular weight is 367 g/mol. The molecule has 1 aliphatic heterocycles. The lowest BCUT2D eigenvalue weighted by Gasteiger charge is -2.37. The van der Waals surface area contributed by atoms with E-state index in [0.717, 1.165) is 24.3 Å². The molecule has 2 atom stereocenters. The van der Waals surface area contributed by atoms with E-state index >= 15 is 0 Å². The maximum absolute atomic E-state index is 12.8. The van der Waals surface area contributed by atoms with Gasteiger partial charge in [-0.15, -0.1) is 0 Å². The molecular formula is C22H29N3O2. The highest BCUT2D eigenvalue weighted by Gasteiger charge is 2.24. The number of carbonyl (C=O) groups excluding carboxylic acids is 1. The number of hydrogen-bond donors (Lipinski definition) is 2. The summed E-state index contributed by atoms with van der Waals surface area (Å²) in [5.74, 6) is 1.61. The van der Waals surface area contributed by atoms with Crippen LogP contribution < -0.4 is 20.7 Å². The van der Waals surface area contributed by atoms with Crippen molar-refractivity contribution in [1.29, 1.82) is 0 Å². The number of ether oxygens (including phenoxy) is 1. The molecule has 1 aliphatic rings. The largest absolute Gasteiger partial charge is 0.496 e. The van der Waals surface area contributed by atoms with Crippen molar-refractivity contribution in [2.24, 2.45) is 11.8 Å². The first kappa shape index (κ1) is 19.1. The molecule has 2 aromatic carbocycles. The Morgan fingerprint density at radius 2 is 1.85 bits per heavy atom. The summed E-state index contributed by atoms with van der Waals surface area (Å²) in [4.78, 5) is 15.2. The molecule has 2 aromatic rings. The Morgan fingerprint density at radius 1 is 1.19 bits per heavy atom. The van der Waals surface area contributed by atoms with Crippen molar-refractivity contribution < 1.29 is 9.53 Å². The maximum Gasteiger partial charge on any atom is 0.259 e.